The Kier molecular flexibility index (Phi) is 13.1. The largest absolute Gasteiger partial charge is 1.00 e. The predicted octanol–water partition coefficient (Wildman–Crippen LogP) is -4.86. The Bertz CT molecular complexity index is 472. The molecule has 0 radical (unpaired) electrons. The van der Waals surface area contributed by atoms with E-state index in [2.05, 4.69) is 74.2 Å². The second-order valence-electron chi connectivity index (χ2n) is 5.06. The first-order chi connectivity index (χ1) is 9.20. The molecular formula is C17H23Cl3NTi. The maximum atomic E-state index is 2.63. The molecule has 0 amide bonds. The number of halogens is 3. The number of benzene rings is 1. The fourth-order valence-corrected chi connectivity index (χ4v) is 5.63. The van der Waals surface area contributed by atoms with Crippen molar-refractivity contribution in [1.29, 1.82) is 0 Å². The van der Waals surface area contributed by atoms with Gasteiger partial charge in [0.05, 0.1) is 0 Å². The summed E-state index contributed by atoms with van der Waals surface area (Å²) in [4.78, 5) is 2.63. The molecule has 1 nitrogen and oxygen atoms in total. The van der Waals surface area contributed by atoms with Gasteiger partial charge in [0, 0.05) is 0 Å². The van der Waals surface area contributed by atoms with E-state index in [4.69, 9.17) is 0 Å². The number of hydrogen-bond acceptors (Lipinski definition) is 1. The predicted molar refractivity (Wildman–Crippen MR) is 78.6 cm³/mol. The molecule has 1 aromatic carbocycles. The first kappa shape index (κ1) is 24.5. The van der Waals surface area contributed by atoms with E-state index in [0.29, 0.717) is 0 Å². The number of allylic oxidation sites excluding steroid dienone is 4. The Labute approximate surface area is 162 Å². The summed E-state index contributed by atoms with van der Waals surface area (Å²) in [5.74, 6) is 0. The van der Waals surface area contributed by atoms with Gasteiger partial charge in [-0.3, -0.25) is 0 Å². The number of hydrogen-bond donors (Lipinski definition) is 0. The molecule has 2 rings (SSSR count). The van der Waals surface area contributed by atoms with E-state index in [9.17, 15) is 0 Å². The van der Waals surface area contributed by atoms with Crippen molar-refractivity contribution < 1.29 is 56.4 Å². The molecule has 0 fully saturated rings. The summed E-state index contributed by atoms with van der Waals surface area (Å²) in [5.41, 5.74) is 1.48. The Morgan fingerprint density at radius 1 is 1.05 bits per heavy atom. The van der Waals surface area contributed by atoms with Gasteiger partial charge in [-0.15, -0.1) is 0 Å². The fraction of sp³-hybridized carbons (Fsp3) is 0.412. The van der Waals surface area contributed by atoms with Gasteiger partial charge in [-0.2, -0.15) is 0 Å². The van der Waals surface area contributed by atoms with Gasteiger partial charge in [-0.1, -0.05) is 0 Å². The van der Waals surface area contributed by atoms with Crippen LogP contribution in [0.15, 0.2) is 52.4 Å². The molecule has 1 aliphatic rings. The van der Waals surface area contributed by atoms with Crippen LogP contribution in [0.4, 0.5) is 0 Å². The molecule has 0 aromatic heterocycles. The average molecular weight is 396 g/mol. The van der Waals surface area contributed by atoms with Crippen LogP contribution in [-0.4, -0.2) is 18.0 Å². The minimum Gasteiger partial charge on any atom is -1.00 e. The number of nitrogens with zero attached hydrogens (tertiary/aromatic N) is 1. The van der Waals surface area contributed by atoms with Gasteiger partial charge in [-0.05, 0) is 0 Å². The quantitative estimate of drug-likeness (QED) is 0.437. The van der Waals surface area contributed by atoms with E-state index in [1.54, 1.807) is 3.88 Å². The summed E-state index contributed by atoms with van der Waals surface area (Å²) in [6.07, 6.45) is 8.01. The Morgan fingerprint density at radius 3 is 2.09 bits per heavy atom. The van der Waals surface area contributed by atoms with Crippen LogP contribution in [0, 0.1) is 0 Å². The Morgan fingerprint density at radius 2 is 1.64 bits per heavy atom. The summed E-state index contributed by atoms with van der Waals surface area (Å²) in [6, 6.07) is 11.0. The summed E-state index contributed by atoms with van der Waals surface area (Å²) < 4.78 is 1.89. The van der Waals surface area contributed by atoms with E-state index in [-0.39, 0.29) is 60.2 Å². The Balaban J connectivity index is 0. The molecule has 0 N–H and O–H groups in total. The van der Waals surface area contributed by atoms with Crippen LogP contribution in [-0.2, 0) is 23.0 Å². The standard InChI is InChI=1S/C12H18N.C5H5.3ClH.Ti/c1-4-13(5-2)11(3)12-9-7-6-8-10-12;1-2-4-5-3-1;;;;/h6-10H,4-5H2,1-3H3;1-3H,4H2;3*1H;/q;;;;;+3/p-3. The summed E-state index contributed by atoms with van der Waals surface area (Å²) >= 11 is -0.192. The maximum Gasteiger partial charge on any atom is -1.00 e. The minimum atomic E-state index is -0.192. The molecule has 1 aromatic rings. The van der Waals surface area contributed by atoms with Gasteiger partial charge in [0.15, 0.2) is 0 Å². The van der Waals surface area contributed by atoms with Crippen molar-refractivity contribution in [3.63, 3.8) is 0 Å². The fourth-order valence-electron chi connectivity index (χ4n) is 2.81. The van der Waals surface area contributed by atoms with Crippen LogP contribution in [0.3, 0.4) is 0 Å². The van der Waals surface area contributed by atoms with E-state index >= 15 is 0 Å². The number of rotatable bonds is 6. The van der Waals surface area contributed by atoms with Crippen molar-refractivity contribution in [2.24, 2.45) is 0 Å². The molecule has 0 saturated heterocycles. The van der Waals surface area contributed by atoms with E-state index < -0.39 is 0 Å². The Hall–Kier alpha value is 0.244. The SMILES string of the molecule is CCN(CC)[C](C)([Ti+3][C]1=CC=CC1)c1ccccc1.[Cl-].[Cl-].[Cl-]. The average Bonchev–Trinajstić information content (AvgIpc) is 2.94. The van der Waals surface area contributed by atoms with E-state index in [1.807, 2.05) is 0 Å². The normalized spacial score (nSPS) is 14.8. The summed E-state index contributed by atoms with van der Waals surface area (Å²) in [7, 11) is 0. The smallest absolute Gasteiger partial charge is 1.00 e. The van der Waals surface area contributed by atoms with Crippen LogP contribution in [0.25, 0.3) is 0 Å². The topological polar surface area (TPSA) is 3.24 Å². The van der Waals surface area contributed by atoms with Gasteiger partial charge in [0.1, 0.15) is 0 Å². The zero-order valence-electron chi connectivity index (χ0n) is 13.3. The van der Waals surface area contributed by atoms with Gasteiger partial charge in [0.2, 0.25) is 0 Å². The van der Waals surface area contributed by atoms with E-state index in [0.717, 1.165) is 13.1 Å². The molecule has 0 saturated carbocycles. The van der Waals surface area contributed by atoms with Crippen molar-refractivity contribution >= 4 is 0 Å². The van der Waals surface area contributed by atoms with Crippen molar-refractivity contribution in [3.05, 3.63) is 58.0 Å². The maximum absolute atomic E-state index is 2.63. The molecular weight excluding hydrogens is 372 g/mol. The molecule has 1 unspecified atom stereocenters. The van der Waals surface area contributed by atoms with Crippen LogP contribution in [0.5, 0.6) is 0 Å². The van der Waals surface area contributed by atoms with Crippen molar-refractivity contribution in [3.8, 4) is 0 Å². The van der Waals surface area contributed by atoms with Crippen molar-refractivity contribution in [1.82, 2.24) is 4.90 Å². The molecule has 1 atom stereocenters. The molecule has 0 heterocycles. The van der Waals surface area contributed by atoms with Crippen LogP contribution in [0.1, 0.15) is 32.8 Å². The zero-order chi connectivity index (χ0) is 13.7. The molecule has 121 valence electrons. The van der Waals surface area contributed by atoms with Gasteiger partial charge in [0.25, 0.3) is 0 Å². The summed E-state index contributed by atoms with van der Waals surface area (Å²) in [6.45, 7) is 9.23. The molecule has 1 aliphatic carbocycles. The first-order valence-electron chi connectivity index (χ1n) is 7.15. The summed E-state index contributed by atoms with van der Waals surface area (Å²) in [5, 5.41) is 0. The molecule has 0 aliphatic heterocycles. The van der Waals surface area contributed by atoms with Gasteiger partial charge < -0.3 is 37.2 Å². The van der Waals surface area contributed by atoms with Crippen LogP contribution >= 0.6 is 0 Å². The van der Waals surface area contributed by atoms with Crippen molar-refractivity contribution in [2.75, 3.05) is 13.1 Å². The van der Waals surface area contributed by atoms with Crippen molar-refractivity contribution in [2.45, 2.75) is 31.0 Å². The molecule has 0 spiro atoms. The van der Waals surface area contributed by atoms with Crippen LogP contribution < -0.4 is 37.2 Å². The van der Waals surface area contributed by atoms with Gasteiger partial charge >= 0.3 is 126 Å². The van der Waals surface area contributed by atoms with Crippen LogP contribution in [0.2, 0.25) is 0 Å². The third kappa shape index (κ3) is 5.71. The second kappa shape index (κ2) is 11.7. The van der Waals surface area contributed by atoms with Gasteiger partial charge in [-0.25, -0.2) is 0 Å². The molecule has 5 heteroatoms. The molecule has 0 bridgehead atoms. The third-order valence-corrected chi connectivity index (χ3v) is 6.69. The second-order valence-corrected chi connectivity index (χ2v) is 7.97. The van der Waals surface area contributed by atoms with E-state index in [1.165, 1.54) is 12.0 Å². The first-order valence-corrected chi connectivity index (χ1v) is 8.71. The zero-order valence-corrected chi connectivity index (χ0v) is 17.2. The monoisotopic (exact) mass is 394 g/mol. The minimum absolute atomic E-state index is 0. The molecule has 22 heavy (non-hydrogen) atoms. The third-order valence-electron chi connectivity index (χ3n) is 3.91.